The van der Waals surface area contributed by atoms with Crippen molar-refractivity contribution in [3.05, 3.63) is 0 Å². The lowest BCUT2D eigenvalue weighted by atomic mass is 10.1. The second-order valence-corrected chi connectivity index (χ2v) is 11.7. The number of nitrogens with one attached hydrogen (secondary N) is 9. The van der Waals surface area contributed by atoms with Gasteiger partial charge in [0.15, 0.2) is 0 Å². The van der Waals surface area contributed by atoms with Crippen molar-refractivity contribution in [2.45, 2.75) is 115 Å². The van der Waals surface area contributed by atoms with Crippen molar-refractivity contribution >= 4 is 35.4 Å². The highest BCUT2D eigenvalue weighted by molar-refractivity contribution is 5.97. The smallest absolute Gasteiger partial charge is 0.243 e. The van der Waals surface area contributed by atoms with Crippen LogP contribution in [0, 0.1) is 0 Å². The second-order valence-electron chi connectivity index (χ2n) is 11.7. The Hall–Kier alpha value is -3.30. The van der Waals surface area contributed by atoms with Crippen LogP contribution in [-0.2, 0) is 28.8 Å². The van der Waals surface area contributed by atoms with Gasteiger partial charge in [-0.3, -0.25) is 28.8 Å². The molecule has 0 unspecified atom stereocenters. The first-order chi connectivity index (χ1) is 21.4. The van der Waals surface area contributed by atoms with Gasteiger partial charge >= 0.3 is 0 Å². The maximum absolute atomic E-state index is 13.3. The third-order valence-corrected chi connectivity index (χ3v) is 7.66. The lowest BCUT2D eigenvalue weighted by Gasteiger charge is -2.27. The third-order valence-electron chi connectivity index (χ3n) is 7.66. The van der Waals surface area contributed by atoms with Gasteiger partial charge < -0.3 is 47.9 Å². The molecule has 6 amide bonds. The molecule has 0 saturated carbocycles. The van der Waals surface area contributed by atoms with Crippen molar-refractivity contribution in [1.29, 1.82) is 0 Å². The number of hydrogen-bond acceptors (Lipinski definition) is 9. The number of amides is 6. The van der Waals surface area contributed by atoms with E-state index in [0.717, 1.165) is 38.9 Å². The molecule has 1 heterocycles. The van der Waals surface area contributed by atoms with Crippen LogP contribution < -0.4 is 47.9 Å². The normalized spacial score (nSPS) is 26.0. The summed E-state index contributed by atoms with van der Waals surface area (Å²) in [6, 6.07) is -5.91. The highest BCUT2D eigenvalue weighted by Crippen LogP contribution is 2.07. The van der Waals surface area contributed by atoms with Crippen LogP contribution in [0.5, 0.6) is 0 Å². The molecule has 15 heteroatoms. The SMILES string of the molecule is CNCCCC[C@@H]1NC(=O)[C@@H](C)NC(=O)[C@H](CCCCNC)NC(=O)[C@@H](C)NC(=O)[C@H](CCCCNC)NC(=O)[C@@H](C)NC1=O. The van der Waals surface area contributed by atoms with Crippen LogP contribution in [0.4, 0.5) is 0 Å². The van der Waals surface area contributed by atoms with E-state index in [1.165, 1.54) is 20.8 Å². The van der Waals surface area contributed by atoms with Crippen LogP contribution in [0.2, 0.25) is 0 Å². The molecular weight excluding hydrogens is 582 g/mol. The summed E-state index contributed by atoms with van der Waals surface area (Å²) < 4.78 is 0. The summed E-state index contributed by atoms with van der Waals surface area (Å²) in [4.78, 5) is 79.3. The van der Waals surface area contributed by atoms with Crippen LogP contribution >= 0.6 is 0 Å². The Morgan fingerprint density at radius 2 is 0.644 bits per heavy atom. The number of carbonyl (C=O) groups is 6. The molecule has 0 radical (unpaired) electrons. The molecule has 0 aromatic carbocycles. The fourth-order valence-electron chi connectivity index (χ4n) is 4.79. The van der Waals surface area contributed by atoms with Crippen molar-refractivity contribution in [2.75, 3.05) is 40.8 Å². The average Bonchev–Trinajstić information content (AvgIpc) is 3.00. The third kappa shape index (κ3) is 15.5. The molecule has 0 aromatic rings. The van der Waals surface area contributed by atoms with Gasteiger partial charge in [0.1, 0.15) is 36.3 Å². The first-order valence-electron chi connectivity index (χ1n) is 16.2. The molecule has 0 aromatic heterocycles. The molecular formula is C30H57N9O6. The number of unbranched alkanes of at least 4 members (excludes halogenated alkanes) is 3. The fraction of sp³-hybridized carbons (Fsp3) is 0.800. The standard InChI is InChI=1S/C30H57N9O6/c1-19-25(40)37-23(14-8-11-17-32-5)29(44)35-21(3)27(42)39-24(15-9-12-18-33-6)30(45)36-20(2)26(41)38-22(28(43)34-19)13-7-10-16-31-4/h19-24,31-33H,7-18H2,1-6H3,(H,34,43)(H,35,44)(H,36,45)(H,37,40)(H,38,41)(H,39,42)/t19-,20-,21-,22+,23+,24+/m1/s1. The first-order valence-corrected chi connectivity index (χ1v) is 16.2. The molecule has 15 nitrogen and oxygen atoms in total. The van der Waals surface area contributed by atoms with Crippen molar-refractivity contribution in [2.24, 2.45) is 0 Å². The number of rotatable bonds is 15. The van der Waals surface area contributed by atoms with Gasteiger partial charge in [0, 0.05) is 0 Å². The molecule has 1 saturated heterocycles. The summed E-state index contributed by atoms with van der Waals surface area (Å²) in [5.41, 5.74) is 0. The van der Waals surface area contributed by atoms with E-state index < -0.39 is 71.7 Å². The highest BCUT2D eigenvalue weighted by Gasteiger charge is 2.32. The van der Waals surface area contributed by atoms with Gasteiger partial charge in [-0.2, -0.15) is 0 Å². The molecule has 0 bridgehead atoms. The quantitative estimate of drug-likeness (QED) is 0.0919. The predicted molar refractivity (Wildman–Crippen MR) is 172 cm³/mol. The van der Waals surface area contributed by atoms with Gasteiger partial charge in [-0.15, -0.1) is 0 Å². The molecule has 1 fully saturated rings. The van der Waals surface area contributed by atoms with Gasteiger partial charge in [0.05, 0.1) is 0 Å². The van der Waals surface area contributed by atoms with Crippen molar-refractivity contribution < 1.29 is 28.8 Å². The molecule has 1 rings (SSSR count). The molecule has 1 aliphatic heterocycles. The van der Waals surface area contributed by atoms with Gasteiger partial charge in [-0.1, -0.05) is 0 Å². The zero-order chi connectivity index (χ0) is 33.8. The maximum atomic E-state index is 13.3. The molecule has 1 aliphatic rings. The van der Waals surface area contributed by atoms with Gasteiger partial charge in [-0.05, 0) is 119 Å². The van der Waals surface area contributed by atoms with Gasteiger partial charge in [0.25, 0.3) is 0 Å². The minimum atomic E-state index is -1.01. The number of hydrogen-bond donors (Lipinski definition) is 9. The van der Waals surface area contributed by atoms with E-state index in [0.29, 0.717) is 38.5 Å². The topological polar surface area (TPSA) is 211 Å². The Labute approximate surface area is 267 Å². The monoisotopic (exact) mass is 639 g/mol. The number of carbonyl (C=O) groups excluding carboxylic acids is 6. The predicted octanol–water partition coefficient (Wildman–Crippen LogP) is -1.86. The highest BCUT2D eigenvalue weighted by atomic mass is 16.2. The Morgan fingerprint density at radius 1 is 0.400 bits per heavy atom. The summed E-state index contributed by atoms with van der Waals surface area (Å²) in [5.74, 6) is -3.36. The molecule has 0 spiro atoms. The van der Waals surface area contributed by atoms with E-state index in [1.807, 2.05) is 21.1 Å². The van der Waals surface area contributed by atoms with Gasteiger partial charge in [0.2, 0.25) is 35.4 Å². The summed E-state index contributed by atoms with van der Waals surface area (Å²) in [6.07, 6.45) is 5.08. The Morgan fingerprint density at radius 3 is 0.867 bits per heavy atom. The fourth-order valence-corrected chi connectivity index (χ4v) is 4.79. The zero-order valence-corrected chi connectivity index (χ0v) is 27.9. The van der Waals surface area contributed by atoms with E-state index in [-0.39, 0.29) is 0 Å². The Kier molecular flexibility index (Phi) is 19.6. The van der Waals surface area contributed by atoms with Crippen LogP contribution in [-0.4, -0.2) is 112 Å². The van der Waals surface area contributed by atoms with E-state index in [4.69, 9.17) is 0 Å². The minimum absolute atomic E-state index is 0.312. The van der Waals surface area contributed by atoms with Crippen molar-refractivity contribution in [3.8, 4) is 0 Å². The zero-order valence-electron chi connectivity index (χ0n) is 27.9. The largest absolute Gasteiger partial charge is 0.343 e. The summed E-state index contributed by atoms with van der Waals surface area (Å²) in [6.45, 7) is 6.67. The Balaban J connectivity index is 3.32. The van der Waals surface area contributed by atoms with Crippen molar-refractivity contribution in [3.63, 3.8) is 0 Å². The van der Waals surface area contributed by atoms with E-state index in [2.05, 4.69) is 47.9 Å². The van der Waals surface area contributed by atoms with Crippen LogP contribution in [0.25, 0.3) is 0 Å². The van der Waals surface area contributed by atoms with Crippen LogP contribution in [0.15, 0.2) is 0 Å². The van der Waals surface area contributed by atoms with E-state index >= 15 is 0 Å². The van der Waals surface area contributed by atoms with Gasteiger partial charge in [-0.25, -0.2) is 0 Å². The molecule has 45 heavy (non-hydrogen) atoms. The van der Waals surface area contributed by atoms with Crippen LogP contribution in [0.1, 0.15) is 78.6 Å². The average molecular weight is 640 g/mol. The molecule has 0 aliphatic carbocycles. The Bertz CT molecular complexity index is 847. The summed E-state index contributed by atoms with van der Waals surface area (Å²) in [7, 11) is 5.46. The summed E-state index contributed by atoms with van der Waals surface area (Å²) >= 11 is 0. The molecule has 6 atom stereocenters. The lowest BCUT2D eigenvalue weighted by molar-refractivity contribution is -0.136. The minimum Gasteiger partial charge on any atom is -0.343 e. The van der Waals surface area contributed by atoms with E-state index in [1.54, 1.807) is 0 Å². The van der Waals surface area contributed by atoms with Crippen LogP contribution in [0.3, 0.4) is 0 Å². The lowest BCUT2D eigenvalue weighted by Crippen LogP contribution is -2.60. The van der Waals surface area contributed by atoms with Crippen molar-refractivity contribution in [1.82, 2.24) is 47.9 Å². The maximum Gasteiger partial charge on any atom is 0.243 e. The summed E-state index contributed by atoms with van der Waals surface area (Å²) in [5, 5.41) is 25.2. The molecule has 9 N–H and O–H groups in total. The van der Waals surface area contributed by atoms with E-state index in [9.17, 15) is 28.8 Å². The molecule has 258 valence electrons. The second kappa shape index (κ2) is 22.2. The first kappa shape index (κ1) is 39.7.